The van der Waals surface area contributed by atoms with E-state index in [1.54, 1.807) is 24.5 Å². The van der Waals surface area contributed by atoms with Crippen LogP contribution in [0.2, 0.25) is 0 Å². The Kier molecular flexibility index (Phi) is 6.13. The molecule has 2 aromatic rings. The Labute approximate surface area is 179 Å². The van der Waals surface area contributed by atoms with E-state index in [9.17, 15) is 14.4 Å². The Bertz CT molecular complexity index is 987. The SMILES string of the molecule is CC(=O)c1cc2c(cc1NC(=O)CN1CCN(C(=O)Cc3cccnc3)CC1)OCO2. The maximum absolute atomic E-state index is 12.6. The van der Waals surface area contributed by atoms with E-state index in [1.807, 2.05) is 21.9 Å². The summed E-state index contributed by atoms with van der Waals surface area (Å²) >= 11 is 0. The molecule has 1 N–H and O–H groups in total. The van der Waals surface area contributed by atoms with Gasteiger partial charge in [0.2, 0.25) is 18.6 Å². The molecule has 2 aliphatic rings. The summed E-state index contributed by atoms with van der Waals surface area (Å²) < 4.78 is 10.7. The number of anilines is 1. The Morgan fingerprint density at radius 2 is 1.84 bits per heavy atom. The monoisotopic (exact) mass is 424 g/mol. The zero-order chi connectivity index (χ0) is 21.8. The van der Waals surface area contributed by atoms with Crippen LogP contribution in [-0.4, -0.2) is 71.9 Å². The Hall–Kier alpha value is -3.46. The van der Waals surface area contributed by atoms with Gasteiger partial charge in [0.1, 0.15) is 0 Å². The van der Waals surface area contributed by atoms with E-state index in [-0.39, 0.29) is 30.9 Å². The van der Waals surface area contributed by atoms with Crippen LogP contribution in [-0.2, 0) is 16.0 Å². The van der Waals surface area contributed by atoms with E-state index in [0.717, 1.165) is 5.56 Å². The van der Waals surface area contributed by atoms with Gasteiger partial charge < -0.3 is 19.7 Å². The molecule has 9 heteroatoms. The van der Waals surface area contributed by atoms with Crippen LogP contribution in [0.25, 0.3) is 0 Å². The summed E-state index contributed by atoms with van der Waals surface area (Å²) in [6, 6.07) is 6.91. The first-order chi connectivity index (χ1) is 15.0. The number of rotatable bonds is 6. The van der Waals surface area contributed by atoms with Gasteiger partial charge in [0.25, 0.3) is 0 Å². The molecule has 162 valence electrons. The molecule has 0 bridgehead atoms. The number of hydrogen-bond acceptors (Lipinski definition) is 7. The third-order valence-electron chi connectivity index (χ3n) is 5.34. The minimum Gasteiger partial charge on any atom is -0.454 e. The first-order valence-electron chi connectivity index (χ1n) is 10.1. The number of fused-ring (bicyclic) bond motifs is 1. The van der Waals surface area contributed by atoms with E-state index < -0.39 is 0 Å². The molecule has 1 saturated heterocycles. The molecule has 1 aromatic heterocycles. The van der Waals surface area contributed by atoms with Crippen LogP contribution < -0.4 is 14.8 Å². The molecular formula is C22H24N4O5. The quantitative estimate of drug-likeness (QED) is 0.699. The van der Waals surface area contributed by atoms with Crippen molar-refractivity contribution >= 4 is 23.3 Å². The van der Waals surface area contributed by atoms with Crippen molar-refractivity contribution in [2.45, 2.75) is 13.3 Å². The summed E-state index contributed by atoms with van der Waals surface area (Å²) in [5.41, 5.74) is 1.68. The minimum atomic E-state index is -0.225. The molecule has 0 saturated carbocycles. The molecule has 2 amide bonds. The third-order valence-corrected chi connectivity index (χ3v) is 5.34. The molecule has 0 aliphatic carbocycles. The highest BCUT2D eigenvalue weighted by Crippen LogP contribution is 2.37. The van der Waals surface area contributed by atoms with Gasteiger partial charge in [-0.1, -0.05) is 6.07 Å². The lowest BCUT2D eigenvalue weighted by atomic mass is 10.1. The molecule has 31 heavy (non-hydrogen) atoms. The van der Waals surface area contributed by atoms with Gasteiger partial charge in [-0.15, -0.1) is 0 Å². The molecule has 1 fully saturated rings. The van der Waals surface area contributed by atoms with Crippen molar-refractivity contribution in [1.82, 2.24) is 14.8 Å². The molecule has 1 aromatic carbocycles. The van der Waals surface area contributed by atoms with Crippen molar-refractivity contribution in [3.05, 3.63) is 47.8 Å². The second-order valence-corrected chi connectivity index (χ2v) is 7.55. The third kappa shape index (κ3) is 5.00. The van der Waals surface area contributed by atoms with E-state index in [4.69, 9.17) is 9.47 Å². The summed E-state index contributed by atoms with van der Waals surface area (Å²) in [4.78, 5) is 44.9. The summed E-state index contributed by atoms with van der Waals surface area (Å²) in [5.74, 6) is 0.658. The highest BCUT2D eigenvalue weighted by atomic mass is 16.7. The number of carbonyl (C=O) groups excluding carboxylic acids is 3. The molecule has 2 aliphatic heterocycles. The number of Topliss-reactive ketones (excluding diaryl/α,β-unsaturated/α-hetero) is 1. The standard InChI is InChI=1S/C22H24N4O5/c1-15(27)17-10-19-20(31-14-30-19)11-18(17)24-21(28)13-25-5-7-26(8-6-25)22(29)9-16-3-2-4-23-12-16/h2-4,10-12H,5-9,13-14H2,1H3,(H,24,28). The van der Waals surface area contributed by atoms with Crippen LogP contribution >= 0.6 is 0 Å². The lowest BCUT2D eigenvalue weighted by molar-refractivity contribution is -0.132. The van der Waals surface area contributed by atoms with Crippen molar-refractivity contribution in [1.29, 1.82) is 0 Å². The largest absolute Gasteiger partial charge is 0.454 e. The van der Waals surface area contributed by atoms with Crippen LogP contribution in [0, 0.1) is 0 Å². The van der Waals surface area contributed by atoms with Gasteiger partial charge in [-0.25, -0.2) is 0 Å². The average Bonchev–Trinajstić information content (AvgIpc) is 3.21. The van der Waals surface area contributed by atoms with Gasteiger partial charge >= 0.3 is 0 Å². The molecule has 0 spiro atoms. The number of pyridine rings is 1. The van der Waals surface area contributed by atoms with Crippen molar-refractivity contribution in [2.24, 2.45) is 0 Å². The number of nitrogens with zero attached hydrogens (tertiary/aromatic N) is 3. The zero-order valence-corrected chi connectivity index (χ0v) is 17.3. The topological polar surface area (TPSA) is 101 Å². The van der Waals surface area contributed by atoms with Crippen LogP contribution in [0.15, 0.2) is 36.7 Å². The van der Waals surface area contributed by atoms with Crippen molar-refractivity contribution in [3.8, 4) is 11.5 Å². The van der Waals surface area contributed by atoms with Gasteiger partial charge in [0.15, 0.2) is 17.3 Å². The van der Waals surface area contributed by atoms with Crippen LogP contribution in [0.3, 0.4) is 0 Å². The molecular weight excluding hydrogens is 400 g/mol. The lowest BCUT2D eigenvalue weighted by Gasteiger charge is -2.34. The smallest absolute Gasteiger partial charge is 0.238 e. The number of hydrogen-bond donors (Lipinski definition) is 1. The highest BCUT2D eigenvalue weighted by Gasteiger charge is 2.24. The molecule has 0 atom stereocenters. The first kappa shape index (κ1) is 20.8. The normalized spacial score (nSPS) is 15.6. The predicted octanol–water partition coefficient (Wildman–Crippen LogP) is 1.34. The second kappa shape index (κ2) is 9.13. The maximum Gasteiger partial charge on any atom is 0.238 e. The van der Waals surface area contributed by atoms with Crippen LogP contribution in [0.4, 0.5) is 5.69 Å². The van der Waals surface area contributed by atoms with E-state index in [1.165, 1.54) is 6.92 Å². The Morgan fingerprint density at radius 1 is 1.10 bits per heavy atom. The minimum absolute atomic E-state index is 0.0589. The van der Waals surface area contributed by atoms with Gasteiger partial charge in [0.05, 0.1) is 18.7 Å². The Balaban J connectivity index is 1.30. The van der Waals surface area contributed by atoms with Crippen molar-refractivity contribution in [3.63, 3.8) is 0 Å². The van der Waals surface area contributed by atoms with Gasteiger partial charge in [0, 0.05) is 50.2 Å². The average molecular weight is 424 g/mol. The summed E-state index contributed by atoms with van der Waals surface area (Å²) in [6.45, 7) is 4.04. The summed E-state index contributed by atoms with van der Waals surface area (Å²) in [7, 11) is 0. The molecule has 4 rings (SSSR count). The van der Waals surface area contributed by atoms with Crippen molar-refractivity contribution < 1.29 is 23.9 Å². The zero-order valence-electron chi connectivity index (χ0n) is 17.3. The van der Waals surface area contributed by atoms with Gasteiger partial charge in [-0.2, -0.15) is 0 Å². The number of aromatic nitrogens is 1. The first-order valence-corrected chi connectivity index (χ1v) is 10.1. The lowest BCUT2D eigenvalue weighted by Crippen LogP contribution is -2.50. The summed E-state index contributed by atoms with van der Waals surface area (Å²) in [5, 5.41) is 2.81. The fourth-order valence-corrected chi connectivity index (χ4v) is 3.67. The van der Waals surface area contributed by atoms with E-state index in [2.05, 4.69) is 10.3 Å². The predicted molar refractivity (Wildman–Crippen MR) is 112 cm³/mol. The number of amides is 2. The number of ether oxygens (including phenoxy) is 2. The van der Waals surface area contributed by atoms with E-state index in [0.29, 0.717) is 55.3 Å². The Morgan fingerprint density at radius 3 is 2.52 bits per heavy atom. The van der Waals surface area contributed by atoms with Crippen LogP contribution in [0.1, 0.15) is 22.8 Å². The molecule has 9 nitrogen and oxygen atoms in total. The van der Waals surface area contributed by atoms with Crippen LogP contribution in [0.5, 0.6) is 11.5 Å². The van der Waals surface area contributed by atoms with E-state index >= 15 is 0 Å². The van der Waals surface area contributed by atoms with Crippen molar-refractivity contribution in [2.75, 3.05) is 44.8 Å². The number of carbonyl (C=O) groups is 3. The highest BCUT2D eigenvalue weighted by molar-refractivity contribution is 6.05. The number of piperazine rings is 1. The number of benzene rings is 1. The second-order valence-electron chi connectivity index (χ2n) is 7.55. The fourth-order valence-electron chi connectivity index (χ4n) is 3.67. The van der Waals surface area contributed by atoms with Gasteiger partial charge in [-0.05, 0) is 24.6 Å². The fraction of sp³-hybridized carbons (Fsp3) is 0.364. The number of ketones is 1. The molecule has 3 heterocycles. The summed E-state index contributed by atoms with van der Waals surface area (Å²) in [6.07, 6.45) is 3.71. The number of nitrogens with one attached hydrogen (secondary N) is 1. The molecule has 0 radical (unpaired) electrons. The maximum atomic E-state index is 12.6. The van der Waals surface area contributed by atoms with Gasteiger partial charge in [-0.3, -0.25) is 24.3 Å². The molecule has 0 unspecified atom stereocenters.